The van der Waals surface area contributed by atoms with Crippen LogP contribution in [0.2, 0.25) is 0 Å². The van der Waals surface area contributed by atoms with Crippen LogP contribution in [0, 0.1) is 0 Å². The first-order valence-electron chi connectivity index (χ1n) is 13.6. The molecule has 222 valence electrons. The molecule has 0 fully saturated rings. The van der Waals surface area contributed by atoms with Crippen LogP contribution in [0.3, 0.4) is 0 Å². The largest absolute Gasteiger partial charge is 0.481 e. The van der Waals surface area contributed by atoms with E-state index >= 15 is 0 Å². The van der Waals surface area contributed by atoms with Gasteiger partial charge in [0.1, 0.15) is 28.3 Å². The number of hydrogen-bond acceptors (Lipinski definition) is 5. The number of aromatic carboxylic acids is 1. The number of carbonyl (C=O) groups is 3. The van der Waals surface area contributed by atoms with E-state index in [2.05, 4.69) is 34.3 Å². The molecule has 0 aromatic heterocycles. The molecule has 0 heterocycles. The third-order valence-corrected chi connectivity index (χ3v) is 7.92. The van der Waals surface area contributed by atoms with Gasteiger partial charge in [0.05, 0.1) is 4.90 Å². The third-order valence-electron chi connectivity index (χ3n) is 6.72. The lowest BCUT2D eigenvalue weighted by molar-refractivity contribution is -0.139. The fourth-order valence-corrected chi connectivity index (χ4v) is 5.65. The third kappa shape index (κ3) is 9.09. The molecule has 0 bridgehead atoms. The van der Waals surface area contributed by atoms with E-state index in [1.165, 1.54) is 12.1 Å². The molecule has 0 aliphatic heterocycles. The molecular formula is C33H32N2O7S. The lowest BCUT2D eigenvalue weighted by atomic mass is 9.88. The number of benzene rings is 4. The van der Waals surface area contributed by atoms with Gasteiger partial charge >= 0.3 is 11.9 Å². The van der Waals surface area contributed by atoms with Crippen molar-refractivity contribution < 1.29 is 33.5 Å². The number of nitrogens with one attached hydrogen (secondary N) is 2. The summed E-state index contributed by atoms with van der Waals surface area (Å²) in [5.74, 6) is -3.01. The van der Waals surface area contributed by atoms with E-state index < -0.39 is 41.5 Å². The van der Waals surface area contributed by atoms with Crippen LogP contribution in [0.1, 0.15) is 39.4 Å². The Morgan fingerprint density at radius 3 is 1.93 bits per heavy atom. The summed E-state index contributed by atoms with van der Waals surface area (Å²) in [5.41, 5.74) is 2.46. The van der Waals surface area contributed by atoms with Gasteiger partial charge in [0.25, 0.3) is 0 Å². The molecule has 4 aromatic carbocycles. The summed E-state index contributed by atoms with van der Waals surface area (Å²) in [6.45, 7) is -0.360. The number of carboxylic acid groups (broad SMARTS) is 2. The summed E-state index contributed by atoms with van der Waals surface area (Å²) in [7, 11) is -1.73. The number of aliphatic carboxylic acids is 1. The summed E-state index contributed by atoms with van der Waals surface area (Å²) >= 11 is 0. The summed E-state index contributed by atoms with van der Waals surface area (Å²) < 4.78 is 21.1. The number of carboxylic acids is 2. The van der Waals surface area contributed by atoms with Gasteiger partial charge in [-0.3, -0.25) is 4.79 Å². The predicted molar refractivity (Wildman–Crippen MR) is 162 cm³/mol. The predicted octanol–water partition coefficient (Wildman–Crippen LogP) is 4.41. The van der Waals surface area contributed by atoms with Crippen molar-refractivity contribution in [1.29, 1.82) is 0 Å². The van der Waals surface area contributed by atoms with Crippen molar-refractivity contribution in [2.45, 2.75) is 29.7 Å². The molecule has 0 saturated heterocycles. The lowest BCUT2D eigenvalue weighted by Crippen LogP contribution is -2.46. The van der Waals surface area contributed by atoms with Crippen molar-refractivity contribution >= 4 is 28.8 Å². The molecule has 1 unspecified atom stereocenters. The van der Waals surface area contributed by atoms with Crippen molar-refractivity contribution in [3.05, 3.63) is 131 Å². The zero-order valence-corrected chi connectivity index (χ0v) is 24.0. The highest BCUT2D eigenvalue weighted by Crippen LogP contribution is 2.27. The van der Waals surface area contributed by atoms with Crippen molar-refractivity contribution in [3.63, 3.8) is 0 Å². The van der Waals surface area contributed by atoms with Crippen LogP contribution in [0.25, 0.3) is 0 Å². The van der Waals surface area contributed by atoms with Crippen LogP contribution < -0.4 is 14.8 Å². The molecule has 0 spiro atoms. The lowest BCUT2D eigenvalue weighted by Gasteiger charge is -2.21. The van der Waals surface area contributed by atoms with E-state index in [9.17, 15) is 23.7 Å². The molecule has 4 aromatic rings. The maximum Gasteiger partial charge on any atom is 0.341 e. The highest BCUT2D eigenvalue weighted by molar-refractivity contribution is 7.83. The van der Waals surface area contributed by atoms with E-state index in [4.69, 9.17) is 9.84 Å². The Kier molecular flexibility index (Phi) is 11.2. The van der Waals surface area contributed by atoms with Crippen LogP contribution in [0.15, 0.2) is 114 Å². The molecule has 0 radical (unpaired) electrons. The van der Waals surface area contributed by atoms with Crippen LogP contribution in [-0.2, 0) is 27.0 Å². The Labute approximate surface area is 252 Å². The molecule has 9 nitrogen and oxygen atoms in total. The van der Waals surface area contributed by atoms with Gasteiger partial charge in [0, 0.05) is 12.5 Å². The van der Waals surface area contributed by atoms with Gasteiger partial charge in [0.2, 0.25) is 5.91 Å². The van der Waals surface area contributed by atoms with Crippen LogP contribution >= 0.6 is 0 Å². The van der Waals surface area contributed by atoms with Crippen LogP contribution in [0.4, 0.5) is 0 Å². The number of hydrogen-bond donors (Lipinski definition) is 4. The fourth-order valence-electron chi connectivity index (χ4n) is 4.66. The minimum absolute atomic E-state index is 0.0185. The summed E-state index contributed by atoms with van der Waals surface area (Å²) in [6, 6.07) is 31.9. The highest BCUT2D eigenvalue weighted by Gasteiger charge is 2.24. The number of ether oxygens (including phenoxy) is 1. The Hall–Kier alpha value is -4.80. The molecule has 0 aliphatic rings. The van der Waals surface area contributed by atoms with Crippen LogP contribution in [0.5, 0.6) is 5.75 Å². The normalized spacial score (nSPS) is 12.3. The Balaban J connectivity index is 1.52. The maximum absolute atomic E-state index is 13.5. The first-order valence-corrected chi connectivity index (χ1v) is 14.8. The van der Waals surface area contributed by atoms with E-state index in [-0.39, 0.29) is 23.7 Å². The van der Waals surface area contributed by atoms with E-state index in [1.807, 2.05) is 36.4 Å². The first kappa shape index (κ1) is 31.1. The molecule has 43 heavy (non-hydrogen) atoms. The molecule has 10 heteroatoms. The molecule has 4 N–H and O–H groups in total. The summed E-state index contributed by atoms with van der Waals surface area (Å²) in [5, 5.41) is 21.5. The maximum atomic E-state index is 13.5. The number of rotatable bonds is 15. The molecular weight excluding hydrogens is 568 g/mol. The van der Waals surface area contributed by atoms with E-state index in [0.717, 1.165) is 11.1 Å². The molecule has 4 rings (SSSR count). The Morgan fingerprint density at radius 1 is 0.791 bits per heavy atom. The Bertz CT molecular complexity index is 1510. The standard InChI is InChI=1S/C33H32N2O7S/c36-31(37)22-42-30-17-16-23(20-28(30)33(39)40)21-29(35-43(41)26-14-8-3-9-15-26)32(38)34-19-18-27(24-10-4-1-5-11-24)25-12-6-2-7-13-25/h1-17,20,27,29,35H,18-19,21-22H2,(H,34,38)(H,36,37)(H,39,40)/t29-,43?/m0/s1. The second-order valence-electron chi connectivity index (χ2n) is 9.73. The smallest absolute Gasteiger partial charge is 0.341 e. The SMILES string of the molecule is O=C(O)COc1ccc(C[C@H](NS(=O)c2ccccc2)C(=O)NCCC(c2ccccc2)c2ccccc2)cc1C(=O)O. The van der Waals surface area contributed by atoms with Gasteiger partial charge < -0.3 is 20.3 Å². The van der Waals surface area contributed by atoms with Crippen molar-refractivity contribution in [2.75, 3.05) is 13.2 Å². The topological polar surface area (TPSA) is 142 Å². The first-order chi connectivity index (χ1) is 20.8. The average Bonchev–Trinajstić information content (AvgIpc) is 3.03. The van der Waals surface area contributed by atoms with Crippen LogP contribution in [-0.4, -0.2) is 51.5 Å². The quantitative estimate of drug-likeness (QED) is 0.158. The van der Waals surface area contributed by atoms with E-state index in [1.54, 1.807) is 36.4 Å². The van der Waals surface area contributed by atoms with Gasteiger partial charge in [-0.2, -0.15) is 0 Å². The summed E-state index contributed by atoms with van der Waals surface area (Å²) in [6.07, 6.45) is 0.637. The Morgan fingerprint density at radius 2 is 1.37 bits per heavy atom. The van der Waals surface area contributed by atoms with Gasteiger partial charge in [-0.1, -0.05) is 84.9 Å². The molecule has 1 amide bonds. The van der Waals surface area contributed by atoms with Gasteiger partial charge in [-0.05, 0) is 53.8 Å². The van der Waals surface area contributed by atoms with Gasteiger partial charge in [-0.15, -0.1) is 0 Å². The molecule has 0 saturated carbocycles. The molecule has 2 atom stereocenters. The van der Waals surface area contributed by atoms with Crippen molar-refractivity contribution in [2.24, 2.45) is 0 Å². The van der Waals surface area contributed by atoms with Crippen molar-refractivity contribution in [1.82, 2.24) is 10.0 Å². The zero-order valence-electron chi connectivity index (χ0n) is 23.2. The number of carbonyl (C=O) groups excluding carboxylic acids is 1. The van der Waals surface area contributed by atoms with Gasteiger partial charge in [0.15, 0.2) is 6.61 Å². The second kappa shape index (κ2) is 15.4. The van der Waals surface area contributed by atoms with Gasteiger partial charge in [-0.25, -0.2) is 18.5 Å². The number of amides is 1. The highest BCUT2D eigenvalue weighted by atomic mass is 32.2. The average molecular weight is 601 g/mol. The van der Waals surface area contributed by atoms with E-state index in [0.29, 0.717) is 23.4 Å². The molecule has 0 aliphatic carbocycles. The second-order valence-corrected chi connectivity index (χ2v) is 11.0. The van der Waals surface area contributed by atoms with Crippen molar-refractivity contribution in [3.8, 4) is 5.75 Å². The zero-order chi connectivity index (χ0) is 30.6. The fraction of sp³-hybridized carbons (Fsp3) is 0.182. The monoisotopic (exact) mass is 600 g/mol. The minimum atomic E-state index is -1.73. The minimum Gasteiger partial charge on any atom is -0.481 e. The summed E-state index contributed by atoms with van der Waals surface area (Å²) in [4.78, 5) is 36.8.